The van der Waals surface area contributed by atoms with Gasteiger partial charge in [0.15, 0.2) is 0 Å². The number of benzene rings is 2. The summed E-state index contributed by atoms with van der Waals surface area (Å²) in [6, 6.07) is 18.1. The Labute approximate surface area is 111 Å². The van der Waals surface area contributed by atoms with Gasteiger partial charge in [-0.2, -0.15) is 0 Å². The number of hydrogen-bond donors (Lipinski definition) is 0. The van der Waals surface area contributed by atoms with Gasteiger partial charge < -0.3 is 9.36 Å². The van der Waals surface area contributed by atoms with Crippen molar-refractivity contribution >= 4 is 17.3 Å². The first-order chi connectivity index (χ1) is 9.40. The first-order valence-electron chi connectivity index (χ1n) is 6.34. The first-order valence-corrected chi connectivity index (χ1v) is 6.34. The normalized spacial score (nSPS) is 10.7. The second-order valence-electron chi connectivity index (χ2n) is 4.40. The first kappa shape index (κ1) is 11.7. The minimum Gasteiger partial charge on any atom is -0.324 e. The molecule has 0 atom stereocenters. The predicted molar refractivity (Wildman–Crippen MR) is 75.9 cm³/mol. The third-order valence-corrected chi connectivity index (χ3v) is 3.16. The number of rotatable bonds is 4. The minimum atomic E-state index is 0.500. The molecule has 0 aliphatic heterocycles. The lowest BCUT2D eigenvalue weighted by atomic mass is 10.2. The van der Waals surface area contributed by atoms with Gasteiger partial charge in [0, 0.05) is 18.5 Å². The van der Waals surface area contributed by atoms with Crippen LogP contribution >= 0.6 is 0 Å². The van der Waals surface area contributed by atoms with Crippen LogP contribution in [0.4, 0.5) is 0 Å². The highest BCUT2D eigenvalue weighted by atomic mass is 16.1. The van der Waals surface area contributed by atoms with Crippen LogP contribution in [0.15, 0.2) is 54.6 Å². The molecule has 0 spiro atoms. The zero-order valence-corrected chi connectivity index (χ0v) is 10.5. The standard InChI is InChI=1S/C16H14N2O/c19-12-6-11-18-15-10-5-4-9-14(15)17-16(18)13-7-2-1-3-8-13/h1-5,7-10,12H,6,11H2. The third kappa shape index (κ3) is 2.15. The summed E-state index contributed by atoms with van der Waals surface area (Å²) in [5, 5.41) is 0. The van der Waals surface area contributed by atoms with Crippen LogP contribution in [0.3, 0.4) is 0 Å². The fraction of sp³-hybridized carbons (Fsp3) is 0.125. The van der Waals surface area contributed by atoms with Crippen LogP contribution in [0.1, 0.15) is 6.42 Å². The Morgan fingerprint density at radius 1 is 1.00 bits per heavy atom. The number of fused-ring (bicyclic) bond motifs is 1. The molecule has 0 bridgehead atoms. The lowest BCUT2D eigenvalue weighted by Crippen LogP contribution is -2.01. The summed E-state index contributed by atoms with van der Waals surface area (Å²) in [7, 11) is 0. The highest BCUT2D eigenvalue weighted by Gasteiger charge is 2.11. The van der Waals surface area contributed by atoms with Crippen molar-refractivity contribution in [3.63, 3.8) is 0 Å². The van der Waals surface area contributed by atoms with Gasteiger partial charge in [-0.25, -0.2) is 4.98 Å². The Hall–Kier alpha value is -2.42. The molecule has 0 aliphatic rings. The summed E-state index contributed by atoms with van der Waals surface area (Å²) in [4.78, 5) is 15.3. The molecule has 0 fully saturated rings. The molecule has 0 radical (unpaired) electrons. The number of carbonyl (C=O) groups excluding carboxylic acids is 1. The van der Waals surface area contributed by atoms with Crippen LogP contribution in [0, 0.1) is 0 Å². The van der Waals surface area contributed by atoms with Crippen molar-refractivity contribution in [2.45, 2.75) is 13.0 Å². The van der Waals surface area contributed by atoms with Crippen molar-refractivity contribution in [3.8, 4) is 11.4 Å². The van der Waals surface area contributed by atoms with E-state index in [2.05, 4.69) is 9.55 Å². The quantitative estimate of drug-likeness (QED) is 0.666. The van der Waals surface area contributed by atoms with E-state index in [0.29, 0.717) is 13.0 Å². The number of imidazole rings is 1. The molecule has 1 aromatic heterocycles. The average Bonchev–Trinajstić information content (AvgIpc) is 2.85. The summed E-state index contributed by atoms with van der Waals surface area (Å²) in [6.07, 6.45) is 1.45. The van der Waals surface area contributed by atoms with Crippen molar-refractivity contribution in [2.24, 2.45) is 0 Å². The Bertz CT molecular complexity index is 701. The molecule has 3 aromatic rings. The number of aromatic nitrogens is 2. The van der Waals surface area contributed by atoms with Gasteiger partial charge in [-0.15, -0.1) is 0 Å². The maximum absolute atomic E-state index is 10.7. The van der Waals surface area contributed by atoms with E-state index in [1.165, 1.54) is 0 Å². The molecule has 3 nitrogen and oxygen atoms in total. The molecular formula is C16H14N2O. The van der Waals surface area contributed by atoms with Crippen molar-refractivity contribution in [2.75, 3.05) is 0 Å². The Morgan fingerprint density at radius 3 is 2.53 bits per heavy atom. The number of aldehydes is 1. The molecule has 3 rings (SSSR count). The van der Waals surface area contributed by atoms with Gasteiger partial charge in [0.25, 0.3) is 0 Å². The van der Waals surface area contributed by atoms with E-state index in [1.54, 1.807) is 0 Å². The molecule has 0 aliphatic carbocycles. The smallest absolute Gasteiger partial charge is 0.141 e. The molecule has 0 saturated carbocycles. The molecule has 0 amide bonds. The fourth-order valence-electron chi connectivity index (χ4n) is 2.29. The van der Waals surface area contributed by atoms with Gasteiger partial charge >= 0.3 is 0 Å². The van der Waals surface area contributed by atoms with Crippen molar-refractivity contribution in [1.29, 1.82) is 0 Å². The topological polar surface area (TPSA) is 34.9 Å². The van der Waals surface area contributed by atoms with Gasteiger partial charge in [-0.3, -0.25) is 0 Å². The van der Waals surface area contributed by atoms with E-state index >= 15 is 0 Å². The van der Waals surface area contributed by atoms with E-state index < -0.39 is 0 Å². The number of aryl methyl sites for hydroxylation is 1. The minimum absolute atomic E-state index is 0.500. The van der Waals surface area contributed by atoms with E-state index in [-0.39, 0.29) is 0 Å². The van der Waals surface area contributed by atoms with Crippen LogP contribution < -0.4 is 0 Å². The van der Waals surface area contributed by atoms with Gasteiger partial charge in [-0.05, 0) is 12.1 Å². The molecule has 0 N–H and O–H groups in total. The zero-order chi connectivity index (χ0) is 13.1. The molecule has 1 heterocycles. The second kappa shape index (κ2) is 5.06. The van der Waals surface area contributed by atoms with E-state index in [0.717, 1.165) is 28.7 Å². The van der Waals surface area contributed by atoms with Gasteiger partial charge in [0.05, 0.1) is 11.0 Å². The maximum atomic E-state index is 10.7. The average molecular weight is 250 g/mol. The molecule has 19 heavy (non-hydrogen) atoms. The highest BCUT2D eigenvalue weighted by Crippen LogP contribution is 2.24. The molecule has 3 heteroatoms. The van der Waals surface area contributed by atoms with E-state index in [1.807, 2.05) is 54.6 Å². The fourth-order valence-corrected chi connectivity index (χ4v) is 2.29. The number of carbonyl (C=O) groups is 1. The number of hydrogen-bond acceptors (Lipinski definition) is 2. The predicted octanol–water partition coefficient (Wildman–Crippen LogP) is 3.29. The van der Waals surface area contributed by atoms with Crippen LogP contribution in [0.5, 0.6) is 0 Å². The van der Waals surface area contributed by atoms with Crippen molar-refractivity contribution in [1.82, 2.24) is 9.55 Å². The summed E-state index contributed by atoms with van der Waals surface area (Å²) < 4.78 is 2.11. The third-order valence-electron chi connectivity index (χ3n) is 3.16. The summed E-state index contributed by atoms with van der Waals surface area (Å²) in [6.45, 7) is 0.661. The maximum Gasteiger partial charge on any atom is 0.141 e. The van der Waals surface area contributed by atoms with Gasteiger partial charge in [-0.1, -0.05) is 42.5 Å². The highest BCUT2D eigenvalue weighted by molar-refractivity contribution is 5.80. The molecule has 94 valence electrons. The second-order valence-corrected chi connectivity index (χ2v) is 4.40. The van der Waals surface area contributed by atoms with Crippen LogP contribution in [-0.2, 0) is 11.3 Å². The molecule has 2 aromatic carbocycles. The number of para-hydroxylation sites is 2. The van der Waals surface area contributed by atoms with E-state index in [4.69, 9.17) is 0 Å². The summed E-state index contributed by atoms with van der Waals surface area (Å²) in [5.74, 6) is 0.920. The Morgan fingerprint density at radius 2 is 1.74 bits per heavy atom. The monoisotopic (exact) mass is 250 g/mol. The van der Waals surface area contributed by atoms with Crippen molar-refractivity contribution in [3.05, 3.63) is 54.6 Å². The van der Waals surface area contributed by atoms with E-state index in [9.17, 15) is 4.79 Å². The molecule has 0 saturated heterocycles. The van der Waals surface area contributed by atoms with Crippen LogP contribution in [0.2, 0.25) is 0 Å². The summed E-state index contributed by atoms with van der Waals surface area (Å²) >= 11 is 0. The zero-order valence-electron chi connectivity index (χ0n) is 10.5. The number of nitrogens with zero attached hydrogens (tertiary/aromatic N) is 2. The van der Waals surface area contributed by atoms with Crippen LogP contribution in [0.25, 0.3) is 22.4 Å². The summed E-state index contributed by atoms with van der Waals surface area (Å²) in [5.41, 5.74) is 3.11. The molecular weight excluding hydrogens is 236 g/mol. The van der Waals surface area contributed by atoms with Gasteiger partial charge in [0.1, 0.15) is 12.1 Å². The lowest BCUT2D eigenvalue weighted by molar-refractivity contribution is -0.108. The Kier molecular flexibility index (Phi) is 3.11. The largest absolute Gasteiger partial charge is 0.324 e. The lowest BCUT2D eigenvalue weighted by Gasteiger charge is -2.07. The molecule has 0 unspecified atom stereocenters. The SMILES string of the molecule is O=CCCn1c(-c2ccccc2)nc2ccccc21. The Balaban J connectivity index is 2.19. The van der Waals surface area contributed by atoms with Crippen LogP contribution in [-0.4, -0.2) is 15.8 Å². The van der Waals surface area contributed by atoms with Crippen molar-refractivity contribution < 1.29 is 4.79 Å². The van der Waals surface area contributed by atoms with Gasteiger partial charge in [0.2, 0.25) is 0 Å².